The minimum atomic E-state index is 0.442. The molecule has 1 aromatic carbocycles. The minimum absolute atomic E-state index is 0.442. The van der Waals surface area contributed by atoms with Gasteiger partial charge in [0.05, 0.1) is 0 Å². The maximum Gasteiger partial charge on any atom is 0.177 e. The van der Waals surface area contributed by atoms with Gasteiger partial charge in [-0.25, -0.2) is 4.98 Å². The number of nitriles is 1. The van der Waals surface area contributed by atoms with Crippen LogP contribution in [0.5, 0.6) is 0 Å². The molecule has 0 bridgehead atoms. The third-order valence-corrected chi connectivity index (χ3v) is 3.88. The van der Waals surface area contributed by atoms with Crippen molar-refractivity contribution in [3.05, 3.63) is 59.0 Å². The van der Waals surface area contributed by atoms with Crippen molar-refractivity contribution in [1.82, 2.24) is 14.6 Å². The Balaban J connectivity index is 2.45. The van der Waals surface area contributed by atoms with Gasteiger partial charge in [-0.1, -0.05) is 48.5 Å². The summed E-state index contributed by atoms with van der Waals surface area (Å²) in [5.74, 6) is 0.489. The Kier molecular flexibility index (Phi) is 3.44. The number of rotatable bonds is 2. The van der Waals surface area contributed by atoms with Crippen LogP contribution in [0, 0.1) is 18.3 Å². The van der Waals surface area contributed by atoms with E-state index in [1.54, 1.807) is 0 Å². The molecule has 0 fully saturated rings. The third-order valence-electron chi connectivity index (χ3n) is 3.53. The molecule has 0 unspecified atom stereocenters. The number of benzene rings is 1. The van der Waals surface area contributed by atoms with Gasteiger partial charge in [-0.3, -0.25) is 0 Å². The van der Waals surface area contributed by atoms with E-state index in [1.165, 1.54) is 4.52 Å². The normalized spacial score (nSPS) is 10.6. The van der Waals surface area contributed by atoms with Gasteiger partial charge in [0.2, 0.25) is 0 Å². The van der Waals surface area contributed by atoms with Crippen LogP contribution >= 0.6 is 11.6 Å². The molecule has 108 valence electrons. The highest BCUT2D eigenvalue weighted by Gasteiger charge is 2.20. The van der Waals surface area contributed by atoms with Crippen molar-refractivity contribution in [2.24, 2.45) is 0 Å². The van der Waals surface area contributed by atoms with Crippen molar-refractivity contribution >= 4 is 22.8 Å². The van der Waals surface area contributed by atoms with E-state index in [4.69, 9.17) is 11.6 Å². The lowest BCUT2D eigenvalue weighted by molar-refractivity contribution is 0.946. The van der Waals surface area contributed by atoms with Gasteiger partial charge in [0, 0.05) is 5.56 Å². The van der Waals surface area contributed by atoms with Gasteiger partial charge >= 0.3 is 0 Å². The zero-order chi connectivity index (χ0) is 15.9. The smallest absolute Gasteiger partial charge is 0.177 e. The van der Waals surface area contributed by atoms with Crippen LogP contribution in [0.25, 0.3) is 22.3 Å². The van der Waals surface area contributed by atoms with E-state index in [-0.39, 0.29) is 0 Å². The van der Waals surface area contributed by atoms with E-state index in [1.807, 2.05) is 44.2 Å². The maximum absolute atomic E-state index is 9.53. The second-order valence-electron chi connectivity index (χ2n) is 5.09. The first-order valence-electron chi connectivity index (χ1n) is 6.74. The minimum Gasteiger partial charge on any atom is -0.206 e. The Morgan fingerprint density at radius 3 is 2.59 bits per heavy atom. The Morgan fingerprint density at radius 2 is 2.00 bits per heavy atom. The summed E-state index contributed by atoms with van der Waals surface area (Å²) in [5.41, 5.74) is 4.20. The molecule has 0 spiro atoms. The summed E-state index contributed by atoms with van der Waals surface area (Å²) in [6, 6.07) is 11.9. The average molecular weight is 309 g/mol. The summed E-state index contributed by atoms with van der Waals surface area (Å²) in [4.78, 5) is 4.38. The van der Waals surface area contributed by atoms with Crippen LogP contribution in [0.2, 0.25) is 5.15 Å². The van der Waals surface area contributed by atoms with Crippen LogP contribution in [0.1, 0.15) is 23.9 Å². The highest BCUT2D eigenvalue weighted by Crippen LogP contribution is 2.34. The molecule has 5 heteroatoms. The monoisotopic (exact) mass is 308 g/mol. The fourth-order valence-electron chi connectivity index (χ4n) is 2.42. The molecule has 0 radical (unpaired) electrons. The van der Waals surface area contributed by atoms with Gasteiger partial charge in [-0.2, -0.15) is 9.78 Å². The second-order valence-corrected chi connectivity index (χ2v) is 5.45. The summed E-state index contributed by atoms with van der Waals surface area (Å²) >= 11 is 6.55. The Morgan fingerprint density at radius 1 is 1.32 bits per heavy atom. The molecule has 0 aliphatic carbocycles. The number of hydrogen-bond donors (Lipinski definition) is 0. The summed E-state index contributed by atoms with van der Waals surface area (Å²) in [6.07, 6.45) is 0. The lowest BCUT2D eigenvalue weighted by Gasteiger charge is -2.11. The van der Waals surface area contributed by atoms with Gasteiger partial charge in [0.15, 0.2) is 11.5 Å². The number of hydrogen-bond acceptors (Lipinski definition) is 3. The average Bonchev–Trinajstić information content (AvgIpc) is 2.94. The van der Waals surface area contributed by atoms with Gasteiger partial charge in [0.25, 0.3) is 0 Å². The molecule has 0 saturated carbocycles. The Bertz CT molecular complexity index is 933. The fraction of sp³-hybridized carbons (Fsp3) is 0.118. The SMILES string of the molecule is C=C(C)c1nc2c(C#N)c(C)c(-c3ccccc3)c(Cl)n2n1. The number of fused-ring (bicyclic) bond motifs is 1. The summed E-state index contributed by atoms with van der Waals surface area (Å²) in [6.45, 7) is 7.54. The third kappa shape index (κ3) is 2.07. The van der Waals surface area contributed by atoms with Crippen LogP contribution in [0.3, 0.4) is 0 Å². The molecule has 0 N–H and O–H groups in total. The topological polar surface area (TPSA) is 54.0 Å². The highest BCUT2D eigenvalue weighted by molar-refractivity contribution is 6.32. The number of allylic oxidation sites excluding steroid dienone is 1. The van der Waals surface area contributed by atoms with Crippen molar-refractivity contribution in [3.63, 3.8) is 0 Å². The van der Waals surface area contributed by atoms with Crippen LogP contribution in [0.4, 0.5) is 0 Å². The van der Waals surface area contributed by atoms with E-state index in [2.05, 4.69) is 22.7 Å². The van der Waals surface area contributed by atoms with E-state index in [0.717, 1.165) is 22.3 Å². The van der Waals surface area contributed by atoms with E-state index in [9.17, 15) is 5.26 Å². The van der Waals surface area contributed by atoms with Crippen LogP contribution in [-0.4, -0.2) is 14.6 Å². The molecule has 3 rings (SSSR count). The lowest BCUT2D eigenvalue weighted by atomic mass is 9.99. The highest BCUT2D eigenvalue weighted by atomic mass is 35.5. The van der Waals surface area contributed by atoms with E-state index < -0.39 is 0 Å². The Hall–Kier alpha value is -2.64. The molecular formula is C17H13ClN4. The second kappa shape index (κ2) is 5.28. The molecule has 4 nitrogen and oxygen atoms in total. The van der Waals surface area contributed by atoms with Crippen LogP contribution < -0.4 is 0 Å². The molecule has 2 aromatic heterocycles. The zero-order valence-corrected chi connectivity index (χ0v) is 13.0. The molecule has 3 aromatic rings. The standard InChI is InChI=1S/C17H13ClN4/c1-10(2)16-20-17-13(9-19)11(3)14(15(18)22(17)21-16)12-7-5-4-6-8-12/h4-8H,1H2,2-3H3. The molecule has 0 aliphatic heterocycles. The molecule has 0 atom stereocenters. The van der Waals surface area contributed by atoms with Crippen molar-refractivity contribution in [2.45, 2.75) is 13.8 Å². The first kappa shape index (κ1) is 14.3. The fourth-order valence-corrected chi connectivity index (χ4v) is 2.79. The molecule has 2 heterocycles. The number of pyridine rings is 1. The van der Waals surface area contributed by atoms with Crippen LogP contribution in [0.15, 0.2) is 36.9 Å². The number of halogens is 1. The van der Waals surface area contributed by atoms with Crippen molar-refractivity contribution in [2.75, 3.05) is 0 Å². The van der Waals surface area contributed by atoms with Gasteiger partial charge < -0.3 is 0 Å². The Labute approximate surface area is 133 Å². The summed E-state index contributed by atoms with van der Waals surface area (Å²) < 4.78 is 1.51. The van der Waals surface area contributed by atoms with Crippen molar-refractivity contribution in [3.8, 4) is 17.2 Å². The lowest BCUT2D eigenvalue weighted by Crippen LogP contribution is -2.00. The molecule has 0 amide bonds. The zero-order valence-electron chi connectivity index (χ0n) is 12.3. The van der Waals surface area contributed by atoms with Crippen molar-refractivity contribution < 1.29 is 0 Å². The predicted octanol–water partition coefficient (Wildman–Crippen LogP) is 4.26. The van der Waals surface area contributed by atoms with Gasteiger partial charge in [0.1, 0.15) is 16.8 Å². The largest absolute Gasteiger partial charge is 0.206 e. The number of nitrogens with zero attached hydrogens (tertiary/aromatic N) is 4. The van der Waals surface area contributed by atoms with Crippen molar-refractivity contribution in [1.29, 1.82) is 5.26 Å². The van der Waals surface area contributed by atoms with E-state index >= 15 is 0 Å². The summed E-state index contributed by atoms with van der Waals surface area (Å²) in [7, 11) is 0. The summed E-state index contributed by atoms with van der Waals surface area (Å²) in [5, 5.41) is 14.3. The van der Waals surface area contributed by atoms with E-state index in [0.29, 0.717) is 22.2 Å². The molecule has 0 aliphatic rings. The predicted molar refractivity (Wildman–Crippen MR) is 87.6 cm³/mol. The number of aromatic nitrogens is 3. The quantitative estimate of drug-likeness (QED) is 0.665. The maximum atomic E-state index is 9.53. The molecule has 22 heavy (non-hydrogen) atoms. The van der Waals surface area contributed by atoms with Crippen LogP contribution in [-0.2, 0) is 0 Å². The first-order valence-corrected chi connectivity index (χ1v) is 7.12. The first-order chi connectivity index (χ1) is 10.5. The molecule has 0 saturated heterocycles. The van der Waals surface area contributed by atoms with Gasteiger partial charge in [-0.05, 0) is 30.5 Å². The van der Waals surface area contributed by atoms with Gasteiger partial charge in [-0.15, -0.1) is 5.10 Å². The molecular weight excluding hydrogens is 296 g/mol.